The summed E-state index contributed by atoms with van der Waals surface area (Å²) >= 11 is 0. The molecule has 1 aliphatic rings. The SMILES string of the molecule is CC(=O)N(c1ccccc1NS(=O)(=O)c1ccccc1)C1CC1. The van der Waals surface area contributed by atoms with Crippen LogP contribution in [-0.2, 0) is 14.8 Å². The highest BCUT2D eigenvalue weighted by Gasteiger charge is 2.33. The van der Waals surface area contributed by atoms with Crippen LogP contribution in [0.25, 0.3) is 0 Å². The number of benzene rings is 2. The van der Waals surface area contributed by atoms with Gasteiger partial charge in [-0.2, -0.15) is 0 Å². The van der Waals surface area contributed by atoms with Gasteiger partial charge in [0.25, 0.3) is 10.0 Å². The van der Waals surface area contributed by atoms with Crippen LogP contribution in [0, 0.1) is 0 Å². The van der Waals surface area contributed by atoms with Crippen LogP contribution in [-0.4, -0.2) is 20.4 Å². The van der Waals surface area contributed by atoms with Gasteiger partial charge in [0.1, 0.15) is 0 Å². The molecule has 0 saturated heterocycles. The Balaban J connectivity index is 1.97. The smallest absolute Gasteiger partial charge is 0.261 e. The Morgan fingerprint density at radius 3 is 2.26 bits per heavy atom. The minimum atomic E-state index is -3.69. The molecule has 0 unspecified atom stereocenters. The molecule has 120 valence electrons. The second-order valence-electron chi connectivity index (χ2n) is 5.56. The molecule has 2 aromatic rings. The molecule has 2 aromatic carbocycles. The standard InChI is InChI=1S/C17H18N2O3S/c1-13(20)19(14-11-12-14)17-10-6-5-9-16(17)18-23(21,22)15-7-3-2-4-8-15/h2-10,14,18H,11-12H2,1H3. The van der Waals surface area contributed by atoms with Crippen LogP contribution in [0.3, 0.4) is 0 Å². The first-order valence-corrected chi connectivity index (χ1v) is 8.94. The van der Waals surface area contributed by atoms with Crippen molar-refractivity contribution in [2.24, 2.45) is 0 Å². The van der Waals surface area contributed by atoms with Crippen molar-refractivity contribution in [1.29, 1.82) is 0 Å². The van der Waals surface area contributed by atoms with Gasteiger partial charge in [-0.15, -0.1) is 0 Å². The van der Waals surface area contributed by atoms with Crippen molar-refractivity contribution >= 4 is 27.3 Å². The number of para-hydroxylation sites is 2. The number of nitrogens with one attached hydrogen (secondary N) is 1. The number of sulfonamides is 1. The lowest BCUT2D eigenvalue weighted by Crippen LogP contribution is -2.31. The van der Waals surface area contributed by atoms with E-state index in [0.29, 0.717) is 11.4 Å². The number of hydrogen-bond acceptors (Lipinski definition) is 3. The topological polar surface area (TPSA) is 66.5 Å². The highest BCUT2D eigenvalue weighted by atomic mass is 32.2. The Morgan fingerprint density at radius 2 is 1.65 bits per heavy atom. The van der Waals surface area contributed by atoms with Crippen molar-refractivity contribution in [1.82, 2.24) is 0 Å². The van der Waals surface area contributed by atoms with E-state index in [2.05, 4.69) is 4.72 Å². The van der Waals surface area contributed by atoms with Crippen molar-refractivity contribution in [2.75, 3.05) is 9.62 Å². The average Bonchev–Trinajstić information content (AvgIpc) is 3.34. The quantitative estimate of drug-likeness (QED) is 0.916. The van der Waals surface area contributed by atoms with Gasteiger partial charge in [0, 0.05) is 13.0 Å². The zero-order chi connectivity index (χ0) is 16.4. The molecule has 0 radical (unpaired) electrons. The molecule has 0 atom stereocenters. The molecule has 1 fully saturated rings. The predicted molar refractivity (Wildman–Crippen MR) is 89.9 cm³/mol. The van der Waals surface area contributed by atoms with Crippen LogP contribution >= 0.6 is 0 Å². The lowest BCUT2D eigenvalue weighted by molar-refractivity contribution is -0.116. The van der Waals surface area contributed by atoms with Gasteiger partial charge in [-0.05, 0) is 37.1 Å². The normalized spacial score (nSPS) is 14.3. The van der Waals surface area contributed by atoms with Gasteiger partial charge in [-0.25, -0.2) is 8.42 Å². The fourth-order valence-electron chi connectivity index (χ4n) is 2.53. The molecule has 1 N–H and O–H groups in total. The van der Waals surface area contributed by atoms with Gasteiger partial charge >= 0.3 is 0 Å². The number of anilines is 2. The minimum absolute atomic E-state index is 0.0844. The first-order chi connectivity index (χ1) is 11.0. The van der Waals surface area contributed by atoms with Crippen LogP contribution in [0.1, 0.15) is 19.8 Å². The highest BCUT2D eigenvalue weighted by molar-refractivity contribution is 7.92. The fraction of sp³-hybridized carbons (Fsp3) is 0.235. The molecule has 1 saturated carbocycles. The Bertz CT molecular complexity index is 815. The molecule has 5 nitrogen and oxygen atoms in total. The van der Waals surface area contributed by atoms with E-state index in [4.69, 9.17) is 0 Å². The Hall–Kier alpha value is -2.34. The summed E-state index contributed by atoms with van der Waals surface area (Å²) in [6, 6.07) is 15.3. The summed E-state index contributed by atoms with van der Waals surface area (Å²) in [4.78, 5) is 13.8. The largest absolute Gasteiger partial charge is 0.308 e. The molecule has 6 heteroatoms. The van der Waals surface area contributed by atoms with Crippen LogP contribution in [0.4, 0.5) is 11.4 Å². The van der Waals surface area contributed by atoms with Crippen LogP contribution in [0.2, 0.25) is 0 Å². The van der Waals surface area contributed by atoms with Gasteiger partial charge in [0.15, 0.2) is 0 Å². The maximum Gasteiger partial charge on any atom is 0.261 e. The number of nitrogens with zero attached hydrogens (tertiary/aromatic N) is 1. The third-order valence-corrected chi connectivity index (χ3v) is 5.09. The third kappa shape index (κ3) is 3.37. The van der Waals surface area contributed by atoms with Crippen molar-refractivity contribution in [3.05, 3.63) is 54.6 Å². The molecular formula is C17H18N2O3S. The van der Waals surface area contributed by atoms with Gasteiger partial charge in [-0.3, -0.25) is 9.52 Å². The zero-order valence-corrected chi connectivity index (χ0v) is 13.6. The summed E-state index contributed by atoms with van der Waals surface area (Å²) in [5, 5.41) is 0. The van der Waals surface area contributed by atoms with E-state index in [0.717, 1.165) is 12.8 Å². The molecular weight excluding hydrogens is 312 g/mol. The van der Waals surface area contributed by atoms with E-state index in [1.54, 1.807) is 47.4 Å². The lowest BCUT2D eigenvalue weighted by Gasteiger charge is -2.24. The van der Waals surface area contributed by atoms with E-state index >= 15 is 0 Å². The third-order valence-electron chi connectivity index (χ3n) is 3.71. The maximum atomic E-state index is 12.5. The Labute approximate surface area is 136 Å². The number of carbonyl (C=O) groups is 1. The Kier molecular flexibility index (Phi) is 4.09. The number of carbonyl (C=O) groups excluding carboxylic acids is 1. The molecule has 0 aromatic heterocycles. The van der Waals surface area contributed by atoms with E-state index in [1.807, 2.05) is 0 Å². The second-order valence-corrected chi connectivity index (χ2v) is 7.24. The van der Waals surface area contributed by atoms with Gasteiger partial charge in [0.2, 0.25) is 5.91 Å². The van der Waals surface area contributed by atoms with Crippen molar-refractivity contribution in [2.45, 2.75) is 30.7 Å². The number of rotatable bonds is 5. The molecule has 1 aliphatic carbocycles. The summed E-state index contributed by atoms with van der Waals surface area (Å²) in [7, 11) is -3.69. The second kappa shape index (κ2) is 6.04. The predicted octanol–water partition coefficient (Wildman–Crippen LogP) is 3.00. The minimum Gasteiger partial charge on any atom is -0.308 e. The average molecular weight is 330 g/mol. The summed E-state index contributed by atoms with van der Waals surface area (Å²) < 4.78 is 27.6. The van der Waals surface area contributed by atoms with Gasteiger partial charge in [0.05, 0.1) is 16.3 Å². The summed E-state index contributed by atoms with van der Waals surface area (Å²) in [6.45, 7) is 1.50. The molecule has 0 bridgehead atoms. The Morgan fingerprint density at radius 1 is 1.04 bits per heavy atom. The first-order valence-electron chi connectivity index (χ1n) is 7.46. The molecule has 1 amide bonds. The van der Waals surface area contributed by atoms with Crippen LogP contribution in [0.15, 0.2) is 59.5 Å². The first kappa shape index (κ1) is 15.6. The van der Waals surface area contributed by atoms with Gasteiger partial charge in [-0.1, -0.05) is 30.3 Å². The van der Waals surface area contributed by atoms with E-state index in [9.17, 15) is 13.2 Å². The van der Waals surface area contributed by atoms with Crippen molar-refractivity contribution in [3.8, 4) is 0 Å². The zero-order valence-electron chi connectivity index (χ0n) is 12.8. The number of amides is 1. The summed E-state index contributed by atoms with van der Waals surface area (Å²) in [5.41, 5.74) is 1.01. The van der Waals surface area contributed by atoms with Crippen LogP contribution in [0.5, 0.6) is 0 Å². The monoisotopic (exact) mass is 330 g/mol. The number of hydrogen-bond donors (Lipinski definition) is 1. The molecule has 23 heavy (non-hydrogen) atoms. The van der Waals surface area contributed by atoms with E-state index in [-0.39, 0.29) is 16.8 Å². The van der Waals surface area contributed by atoms with Gasteiger partial charge < -0.3 is 4.90 Å². The molecule has 0 heterocycles. The molecule has 0 spiro atoms. The highest BCUT2D eigenvalue weighted by Crippen LogP contribution is 2.36. The molecule has 0 aliphatic heterocycles. The van der Waals surface area contributed by atoms with Crippen molar-refractivity contribution < 1.29 is 13.2 Å². The lowest BCUT2D eigenvalue weighted by atomic mass is 10.2. The molecule has 3 rings (SSSR count). The summed E-state index contributed by atoms with van der Waals surface area (Å²) in [5.74, 6) is -0.0844. The van der Waals surface area contributed by atoms with Crippen molar-refractivity contribution in [3.63, 3.8) is 0 Å². The fourth-order valence-corrected chi connectivity index (χ4v) is 3.62. The van der Waals surface area contributed by atoms with E-state index in [1.165, 1.54) is 19.1 Å². The van der Waals surface area contributed by atoms with E-state index < -0.39 is 10.0 Å². The summed E-state index contributed by atoms with van der Waals surface area (Å²) in [6.07, 6.45) is 1.89. The van der Waals surface area contributed by atoms with Crippen LogP contribution < -0.4 is 9.62 Å². The maximum absolute atomic E-state index is 12.5.